The summed E-state index contributed by atoms with van der Waals surface area (Å²) in [6.07, 6.45) is 4.82. The van der Waals surface area contributed by atoms with E-state index in [0.717, 1.165) is 18.4 Å². The molecule has 1 saturated heterocycles. The van der Waals surface area contributed by atoms with Crippen molar-refractivity contribution in [3.8, 4) is 17.3 Å². The Morgan fingerprint density at radius 1 is 1.14 bits per heavy atom. The van der Waals surface area contributed by atoms with Gasteiger partial charge in [-0.15, -0.1) is 0 Å². The van der Waals surface area contributed by atoms with E-state index >= 15 is 0 Å². The van der Waals surface area contributed by atoms with Crippen LogP contribution in [0.25, 0.3) is 11.3 Å². The molecule has 0 atom stereocenters. The van der Waals surface area contributed by atoms with E-state index in [1.54, 1.807) is 16.9 Å². The Hall–Kier alpha value is -3.90. The molecule has 3 aromatic rings. The van der Waals surface area contributed by atoms with E-state index in [2.05, 4.69) is 21.1 Å². The number of amides is 1. The zero-order chi connectivity index (χ0) is 26.0. The highest BCUT2D eigenvalue weighted by molar-refractivity contribution is 5.95. The van der Waals surface area contributed by atoms with Crippen LogP contribution < -0.4 is 5.73 Å². The van der Waals surface area contributed by atoms with E-state index in [1.807, 2.05) is 36.4 Å². The lowest BCUT2D eigenvalue weighted by Gasteiger charge is -2.40. The monoisotopic (exact) mass is 500 g/mol. The molecular weight excluding hydrogens is 471 g/mol. The first kappa shape index (κ1) is 24.8. The number of benzene rings is 1. The van der Waals surface area contributed by atoms with E-state index in [-0.39, 0.29) is 30.1 Å². The van der Waals surface area contributed by atoms with Crippen molar-refractivity contribution in [3.63, 3.8) is 0 Å². The number of nitrogens with two attached hydrogens (primary N) is 1. The van der Waals surface area contributed by atoms with Gasteiger partial charge in [-0.2, -0.15) is 14.8 Å². The van der Waals surface area contributed by atoms with Crippen LogP contribution >= 0.6 is 0 Å². The number of hydrogen-bond acceptors (Lipinski definition) is 6. The number of hydrogen-bond donors (Lipinski definition) is 1. The second-order valence-electron chi connectivity index (χ2n) is 10.1. The maximum Gasteiger partial charge on any atom is 0.252 e. The number of likely N-dealkylation sites (tertiary alicyclic amines) is 1. The summed E-state index contributed by atoms with van der Waals surface area (Å²) in [5, 5.41) is 14.2. The van der Waals surface area contributed by atoms with E-state index in [4.69, 9.17) is 5.73 Å². The number of rotatable bonds is 9. The SMILES string of the molecule is N#CCC1(n2cc(C(N)=O)c(CC(=O)C3CC3)n2)CCN(Cc2ccc(-c3ccccc3)nc2F)CC1. The molecule has 2 aliphatic rings. The summed E-state index contributed by atoms with van der Waals surface area (Å²) >= 11 is 0. The van der Waals surface area contributed by atoms with Gasteiger partial charge in [0, 0.05) is 42.9 Å². The fourth-order valence-corrected chi connectivity index (χ4v) is 5.06. The minimum absolute atomic E-state index is 0.0545. The number of Topliss-reactive ketones (excluding diaryl/α,β-unsaturated/α-hetero) is 1. The Morgan fingerprint density at radius 2 is 1.86 bits per heavy atom. The number of carbonyl (C=O) groups is 2. The summed E-state index contributed by atoms with van der Waals surface area (Å²) in [5.74, 6) is -0.987. The van der Waals surface area contributed by atoms with Gasteiger partial charge >= 0.3 is 0 Å². The van der Waals surface area contributed by atoms with Crippen molar-refractivity contribution in [3.05, 3.63) is 71.4 Å². The van der Waals surface area contributed by atoms with Crippen LogP contribution in [0.4, 0.5) is 4.39 Å². The summed E-state index contributed by atoms with van der Waals surface area (Å²) in [5.41, 5.74) is 7.56. The third-order valence-electron chi connectivity index (χ3n) is 7.50. The van der Waals surface area contributed by atoms with Crippen LogP contribution in [0, 0.1) is 23.2 Å². The van der Waals surface area contributed by atoms with Crippen LogP contribution in [-0.4, -0.2) is 44.4 Å². The minimum atomic E-state index is -0.628. The largest absolute Gasteiger partial charge is 0.365 e. The van der Waals surface area contributed by atoms with E-state index in [1.165, 1.54) is 0 Å². The van der Waals surface area contributed by atoms with Gasteiger partial charge in [0.2, 0.25) is 5.95 Å². The third-order valence-corrected chi connectivity index (χ3v) is 7.50. The predicted octanol–water partition coefficient (Wildman–Crippen LogP) is 3.61. The fourth-order valence-electron chi connectivity index (χ4n) is 5.06. The third kappa shape index (κ3) is 5.30. The van der Waals surface area contributed by atoms with Crippen molar-refractivity contribution in [2.45, 2.75) is 50.6 Å². The highest BCUT2D eigenvalue weighted by atomic mass is 19.1. The number of piperidine rings is 1. The van der Waals surface area contributed by atoms with Crippen molar-refractivity contribution in [1.29, 1.82) is 5.26 Å². The Labute approximate surface area is 214 Å². The lowest BCUT2D eigenvalue weighted by molar-refractivity contribution is -0.119. The van der Waals surface area contributed by atoms with Crippen LogP contribution in [0.1, 0.15) is 53.7 Å². The van der Waals surface area contributed by atoms with Crippen molar-refractivity contribution in [1.82, 2.24) is 19.7 Å². The standard InChI is InChI=1S/C28H29FN6O2/c29-26-21(8-9-23(32-26)19-4-2-1-3-5-19)17-34-14-11-28(10-13-30,12-15-34)35-18-22(27(31)37)24(33-35)16-25(36)20-6-7-20/h1-5,8-9,18,20H,6-7,10-12,14-17H2,(H2,31,37). The second-order valence-corrected chi connectivity index (χ2v) is 10.1. The average Bonchev–Trinajstić information content (AvgIpc) is 3.67. The van der Waals surface area contributed by atoms with Crippen molar-refractivity contribution >= 4 is 11.7 Å². The van der Waals surface area contributed by atoms with Crippen LogP contribution in [-0.2, 0) is 23.3 Å². The smallest absolute Gasteiger partial charge is 0.252 e. The van der Waals surface area contributed by atoms with Gasteiger partial charge in [-0.3, -0.25) is 19.2 Å². The summed E-state index contributed by atoms with van der Waals surface area (Å²) in [4.78, 5) is 30.8. The van der Waals surface area contributed by atoms with Crippen LogP contribution in [0.2, 0.25) is 0 Å². The lowest BCUT2D eigenvalue weighted by Crippen LogP contribution is -2.46. The number of pyridine rings is 1. The zero-order valence-electron chi connectivity index (χ0n) is 20.6. The van der Waals surface area contributed by atoms with Gasteiger partial charge in [-0.05, 0) is 31.7 Å². The topological polar surface area (TPSA) is 118 Å². The van der Waals surface area contributed by atoms with Gasteiger partial charge in [0.05, 0.1) is 41.4 Å². The molecule has 2 N–H and O–H groups in total. The number of halogens is 1. The Balaban J connectivity index is 1.30. The number of carbonyl (C=O) groups excluding carboxylic acids is 2. The highest BCUT2D eigenvalue weighted by Gasteiger charge is 2.39. The Kier molecular flexibility index (Phi) is 6.85. The molecule has 0 bridgehead atoms. The molecule has 2 fully saturated rings. The molecule has 1 aliphatic carbocycles. The van der Waals surface area contributed by atoms with E-state index in [9.17, 15) is 19.2 Å². The van der Waals surface area contributed by atoms with Gasteiger partial charge in [0.15, 0.2) is 0 Å². The Morgan fingerprint density at radius 3 is 2.49 bits per heavy atom. The highest BCUT2D eigenvalue weighted by Crippen LogP contribution is 2.35. The van der Waals surface area contributed by atoms with Crippen LogP contribution in [0.3, 0.4) is 0 Å². The average molecular weight is 501 g/mol. The zero-order valence-corrected chi connectivity index (χ0v) is 20.6. The first-order chi connectivity index (χ1) is 17.9. The van der Waals surface area contributed by atoms with E-state index in [0.29, 0.717) is 49.4 Å². The molecule has 9 heteroatoms. The van der Waals surface area contributed by atoms with Gasteiger partial charge in [-0.25, -0.2) is 4.98 Å². The molecule has 190 valence electrons. The number of aromatic nitrogens is 3. The summed E-state index contributed by atoms with van der Waals surface area (Å²) < 4.78 is 16.5. The van der Waals surface area contributed by atoms with Crippen molar-refractivity contribution < 1.29 is 14.0 Å². The van der Waals surface area contributed by atoms with Crippen molar-refractivity contribution in [2.75, 3.05) is 13.1 Å². The molecule has 1 saturated carbocycles. The molecular formula is C28H29FN6O2. The molecule has 0 radical (unpaired) electrons. The molecule has 1 aliphatic heterocycles. The molecule has 5 rings (SSSR count). The predicted molar refractivity (Wildman–Crippen MR) is 135 cm³/mol. The number of nitriles is 1. The lowest BCUT2D eigenvalue weighted by atomic mass is 9.84. The number of primary amides is 1. The molecule has 8 nitrogen and oxygen atoms in total. The molecule has 1 aromatic carbocycles. The summed E-state index contributed by atoms with van der Waals surface area (Å²) in [6.45, 7) is 1.64. The molecule has 0 unspecified atom stereocenters. The summed E-state index contributed by atoms with van der Waals surface area (Å²) in [6, 6.07) is 15.4. The van der Waals surface area contributed by atoms with Gasteiger partial charge < -0.3 is 5.73 Å². The minimum Gasteiger partial charge on any atom is -0.365 e. The molecule has 0 spiro atoms. The fraction of sp³-hybridized carbons (Fsp3) is 0.393. The second kappa shape index (κ2) is 10.2. The quantitative estimate of drug-likeness (QED) is 0.449. The number of nitrogens with zero attached hydrogens (tertiary/aromatic N) is 5. The molecule has 1 amide bonds. The van der Waals surface area contributed by atoms with Crippen LogP contribution in [0.15, 0.2) is 48.7 Å². The van der Waals surface area contributed by atoms with Gasteiger partial charge in [0.25, 0.3) is 5.91 Å². The van der Waals surface area contributed by atoms with Crippen molar-refractivity contribution in [2.24, 2.45) is 11.7 Å². The van der Waals surface area contributed by atoms with Gasteiger partial charge in [-0.1, -0.05) is 36.4 Å². The Bertz CT molecular complexity index is 1350. The van der Waals surface area contributed by atoms with Crippen LogP contribution in [0.5, 0.6) is 0 Å². The maximum absolute atomic E-state index is 14.9. The molecule has 37 heavy (non-hydrogen) atoms. The maximum atomic E-state index is 14.9. The summed E-state index contributed by atoms with van der Waals surface area (Å²) in [7, 11) is 0. The first-order valence-electron chi connectivity index (χ1n) is 12.6. The number of ketones is 1. The normalized spacial score (nSPS) is 17.3. The first-order valence-corrected chi connectivity index (χ1v) is 12.6. The molecule has 2 aromatic heterocycles. The molecule has 3 heterocycles. The van der Waals surface area contributed by atoms with E-state index < -0.39 is 17.4 Å². The van der Waals surface area contributed by atoms with Gasteiger partial charge in [0.1, 0.15) is 5.78 Å².